The molecule has 224 valence electrons. The number of imidazole rings is 1. The van der Waals surface area contributed by atoms with Crippen molar-refractivity contribution in [3.8, 4) is 11.3 Å². The predicted molar refractivity (Wildman–Crippen MR) is 144 cm³/mol. The van der Waals surface area contributed by atoms with Gasteiger partial charge < -0.3 is 16.0 Å². The van der Waals surface area contributed by atoms with Crippen molar-refractivity contribution in [3.05, 3.63) is 39.9 Å². The number of urea groups is 1. The van der Waals surface area contributed by atoms with Gasteiger partial charge in [0.05, 0.1) is 34.8 Å². The lowest BCUT2D eigenvalue weighted by atomic mass is 9.89. The molecule has 2 fully saturated rings. The minimum atomic E-state index is -3.99. The highest BCUT2D eigenvalue weighted by atomic mass is 32.2. The number of halogens is 4. The van der Waals surface area contributed by atoms with Gasteiger partial charge in [0, 0.05) is 29.4 Å². The second-order valence-corrected chi connectivity index (χ2v) is 13.9. The number of fused-ring (bicyclic) bond motifs is 2. The molecule has 3 amide bonds. The Hall–Kier alpha value is -3.61. The van der Waals surface area contributed by atoms with E-state index in [0.717, 1.165) is 28.6 Å². The van der Waals surface area contributed by atoms with Gasteiger partial charge in [0.2, 0.25) is 25.0 Å². The van der Waals surface area contributed by atoms with Gasteiger partial charge >= 0.3 is 6.03 Å². The fraction of sp³-hybridized carbons (Fsp3) is 0.455. The molecule has 13 nitrogen and oxygen atoms in total. The average molecular weight is 648 g/mol. The molecule has 3 aromatic rings. The van der Waals surface area contributed by atoms with E-state index < -0.39 is 60.1 Å². The molecule has 20 heteroatoms. The standard InChI is InChI=1S/C22H21F4N9O4S3/c23-14-13(15(24)17(26)18(16(14)25)32-34-27)10-7-35-20(29-10)41-21(33-35)42(38,39)6-5-28-12(36)3-1-2-4-22-9-40-8-11(22)30-19(37)31-22/h7,11H,1-6,8-9H2,(H,28,36)(H2,30,31,37). The third-order valence-corrected chi connectivity index (χ3v) is 11.3. The third kappa shape index (κ3) is 5.58. The lowest BCUT2D eigenvalue weighted by Crippen LogP contribution is -2.48. The van der Waals surface area contributed by atoms with Crippen LogP contribution >= 0.6 is 23.1 Å². The number of unbranched alkanes of at least 4 members (excludes halogenated alkanes) is 1. The number of sulfone groups is 1. The van der Waals surface area contributed by atoms with E-state index in [1.165, 1.54) is 0 Å². The van der Waals surface area contributed by atoms with Gasteiger partial charge in [0.25, 0.3) is 0 Å². The van der Waals surface area contributed by atoms with E-state index in [9.17, 15) is 35.6 Å². The monoisotopic (exact) mass is 647 g/mol. The van der Waals surface area contributed by atoms with Gasteiger partial charge in [-0.1, -0.05) is 22.9 Å². The highest BCUT2D eigenvalue weighted by molar-refractivity contribution is 7.99. The van der Waals surface area contributed by atoms with Crippen LogP contribution in [0.4, 0.5) is 28.0 Å². The van der Waals surface area contributed by atoms with Crippen LogP contribution in [0.15, 0.2) is 15.7 Å². The molecule has 0 radical (unpaired) electrons. The zero-order valence-corrected chi connectivity index (χ0v) is 23.8. The number of nitrogens with one attached hydrogen (secondary N) is 3. The van der Waals surface area contributed by atoms with Crippen molar-refractivity contribution in [3.63, 3.8) is 0 Å². The number of benzene rings is 1. The fourth-order valence-corrected chi connectivity index (χ4v) is 8.68. The number of aromatic nitrogens is 3. The molecule has 0 spiro atoms. The van der Waals surface area contributed by atoms with Crippen molar-refractivity contribution >= 4 is 55.5 Å². The van der Waals surface area contributed by atoms with Gasteiger partial charge in [-0.15, -0.1) is 5.10 Å². The Labute approximate surface area is 243 Å². The Morgan fingerprint density at radius 2 is 1.98 bits per heavy atom. The first kappa shape index (κ1) is 29.9. The van der Waals surface area contributed by atoms with Gasteiger partial charge in [0.15, 0.2) is 23.3 Å². The molecule has 2 saturated heterocycles. The number of carbonyl (C=O) groups excluding carboxylic acids is 2. The van der Waals surface area contributed by atoms with E-state index in [1.54, 1.807) is 11.8 Å². The molecule has 0 saturated carbocycles. The lowest BCUT2D eigenvalue weighted by molar-refractivity contribution is -0.121. The molecule has 2 aromatic heterocycles. The van der Waals surface area contributed by atoms with Gasteiger partial charge in [-0.25, -0.2) is 40.3 Å². The van der Waals surface area contributed by atoms with Crippen LogP contribution < -0.4 is 16.0 Å². The number of azide groups is 1. The number of thioether (sulfide) groups is 1. The van der Waals surface area contributed by atoms with Crippen LogP contribution in [0.1, 0.15) is 25.7 Å². The zero-order valence-electron chi connectivity index (χ0n) is 21.4. The van der Waals surface area contributed by atoms with Crippen LogP contribution in [0.3, 0.4) is 0 Å². The summed E-state index contributed by atoms with van der Waals surface area (Å²) in [5, 5.41) is 14.9. The summed E-state index contributed by atoms with van der Waals surface area (Å²) < 4.78 is 83.2. The molecule has 3 N–H and O–H groups in total. The smallest absolute Gasteiger partial charge is 0.315 e. The summed E-state index contributed by atoms with van der Waals surface area (Å²) in [4.78, 5) is 29.7. The maximum absolute atomic E-state index is 14.5. The van der Waals surface area contributed by atoms with Crippen molar-refractivity contribution in [1.29, 1.82) is 0 Å². The Balaban J connectivity index is 1.16. The minimum absolute atomic E-state index is 0.0690. The summed E-state index contributed by atoms with van der Waals surface area (Å²) in [6.45, 7) is -0.191. The van der Waals surface area contributed by atoms with Crippen molar-refractivity contribution in [2.24, 2.45) is 5.11 Å². The first-order valence-electron chi connectivity index (χ1n) is 12.4. The molecule has 2 atom stereocenters. The quantitative estimate of drug-likeness (QED) is 0.0540. The topological polar surface area (TPSA) is 183 Å². The molecule has 0 aliphatic carbocycles. The summed E-state index contributed by atoms with van der Waals surface area (Å²) in [6, 6.07) is -0.112. The minimum Gasteiger partial charge on any atom is -0.355 e. The second kappa shape index (κ2) is 11.6. The first-order valence-corrected chi connectivity index (χ1v) is 16.0. The maximum atomic E-state index is 14.5. The molecular weight excluding hydrogens is 626 g/mol. The van der Waals surface area contributed by atoms with Crippen molar-refractivity contribution < 1.29 is 35.6 Å². The van der Waals surface area contributed by atoms with Crippen molar-refractivity contribution in [2.75, 3.05) is 23.8 Å². The largest absolute Gasteiger partial charge is 0.355 e. The third-order valence-electron chi connectivity index (χ3n) is 6.88. The highest BCUT2D eigenvalue weighted by Gasteiger charge is 2.49. The van der Waals surface area contributed by atoms with E-state index >= 15 is 0 Å². The summed E-state index contributed by atoms with van der Waals surface area (Å²) in [5.41, 5.74) is 4.83. The van der Waals surface area contributed by atoms with Gasteiger partial charge in [-0.2, -0.15) is 11.8 Å². The van der Waals surface area contributed by atoms with Crippen LogP contribution in [0.2, 0.25) is 0 Å². The molecule has 5 rings (SSSR count). The van der Waals surface area contributed by atoms with E-state index in [2.05, 4.69) is 36.1 Å². The Morgan fingerprint density at radius 3 is 2.67 bits per heavy atom. The first-order chi connectivity index (χ1) is 20.0. The Kier molecular flexibility index (Phi) is 8.23. The predicted octanol–water partition coefficient (Wildman–Crippen LogP) is 3.57. The van der Waals surface area contributed by atoms with Crippen molar-refractivity contribution in [1.82, 2.24) is 30.5 Å². The number of nitrogens with zero attached hydrogens (tertiary/aromatic N) is 6. The number of carbonyl (C=O) groups is 2. The second-order valence-electron chi connectivity index (χ2n) is 9.59. The van der Waals surface area contributed by atoms with Crippen LogP contribution in [0.25, 0.3) is 26.7 Å². The van der Waals surface area contributed by atoms with E-state index in [0.29, 0.717) is 24.2 Å². The zero-order chi connectivity index (χ0) is 30.2. The van der Waals surface area contributed by atoms with Gasteiger partial charge in [0.1, 0.15) is 5.69 Å². The molecule has 2 aliphatic heterocycles. The van der Waals surface area contributed by atoms with E-state index in [4.69, 9.17) is 5.53 Å². The van der Waals surface area contributed by atoms with E-state index in [-0.39, 0.29) is 41.4 Å². The fourth-order valence-electron chi connectivity index (χ4n) is 4.78. The average Bonchev–Trinajstić information content (AvgIpc) is 3.67. The van der Waals surface area contributed by atoms with Crippen LogP contribution in [-0.4, -0.2) is 70.3 Å². The summed E-state index contributed by atoms with van der Waals surface area (Å²) >= 11 is 2.30. The van der Waals surface area contributed by atoms with Crippen LogP contribution in [0, 0.1) is 23.3 Å². The summed E-state index contributed by atoms with van der Waals surface area (Å²) in [7, 11) is -3.99. The Bertz CT molecular complexity index is 1680. The van der Waals surface area contributed by atoms with Gasteiger partial charge in [-0.3, -0.25) is 4.79 Å². The summed E-state index contributed by atoms with van der Waals surface area (Å²) in [5.74, 6) is -6.71. The van der Waals surface area contributed by atoms with E-state index in [1.807, 2.05) is 0 Å². The van der Waals surface area contributed by atoms with Gasteiger partial charge in [-0.05, 0) is 18.4 Å². The van der Waals surface area contributed by atoms with Crippen LogP contribution in [0.5, 0.6) is 0 Å². The number of rotatable bonds is 11. The molecule has 2 aliphatic rings. The highest BCUT2D eigenvalue weighted by Crippen LogP contribution is 2.37. The molecule has 1 aromatic carbocycles. The Morgan fingerprint density at radius 1 is 1.24 bits per heavy atom. The van der Waals surface area contributed by atoms with Crippen LogP contribution in [-0.2, 0) is 14.6 Å². The molecular formula is C22H21F4N9O4S3. The number of amides is 3. The normalized spacial score (nSPS) is 19.8. The number of hydrogen-bond acceptors (Lipinski definition) is 9. The maximum Gasteiger partial charge on any atom is 0.315 e. The van der Waals surface area contributed by atoms with Crippen molar-refractivity contribution in [2.45, 2.75) is 41.6 Å². The molecule has 42 heavy (non-hydrogen) atoms. The summed E-state index contributed by atoms with van der Waals surface area (Å²) in [6.07, 6.45) is 3.06. The molecule has 2 unspecified atom stereocenters. The number of hydrogen-bond donors (Lipinski definition) is 3. The SMILES string of the molecule is [N-]=[N+]=Nc1c(F)c(F)c(-c2cn3nc(S(=O)(=O)CCNC(=O)CCCCC45CSCC4NC(=O)N5)sc3n2)c(F)c1F. The lowest BCUT2D eigenvalue weighted by Gasteiger charge is -2.27. The molecule has 0 bridgehead atoms. The molecule has 4 heterocycles.